The van der Waals surface area contributed by atoms with Gasteiger partial charge in [-0.3, -0.25) is 4.98 Å². The molecule has 0 aliphatic rings. The molecular formula is C16H18FNO. The predicted molar refractivity (Wildman–Crippen MR) is 73.4 cm³/mol. The van der Waals surface area contributed by atoms with E-state index in [4.69, 9.17) is 0 Å². The van der Waals surface area contributed by atoms with E-state index in [0.29, 0.717) is 12.0 Å². The van der Waals surface area contributed by atoms with Crippen molar-refractivity contribution < 1.29 is 9.50 Å². The zero-order chi connectivity index (χ0) is 14.0. The molecule has 1 aromatic heterocycles. The lowest BCUT2D eigenvalue weighted by Crippen LogP contribution is -2.24. The van der Waals surface area contributed by atoms with Crippen LogP contribution in [-0.4, -0.2) is 10.1 Å². The molecule has 3 heteroatoms. The number of rotatable bonds is 3. The summed E-state index contributed by atoms with van der Waals surface area (Å²) < 4.78 is 13.2. The molecule has 1 heterocycles. The molecule has 0 aliphatic carbocycles. The summed E-state index contributed by atoms with van der Waals surface area (Å²) in [5.74, 6) is -0.433. The second kappa shape index (κ2) is 5.10. The molecule has 0 spiro atoms. The summed E-state index contributed by atoms with van der Waals surface area (Å²) in [5, 5.41) is 10.5. The van der Waals surface area contributed by atoms with Crippen molar-refractivity contribution in [2.24, 2.45) is 0 Å². The normalized spacial score (nSPS) is 14.2. The highest BCUT2D eigenvalue weighted by Gasteiger charge is 2.24. The Balaban J connectivity index is 2.27. The first-order chi connectivity index (χ1) is 8.88. The van der Waals surface area contributed by atoms with Crippen molar-refractivity contribution in [2.75, 3.05) is 0 Å². The van der Waals surface area contributed by atoms with E-state index < -0.39 is 11.4 Å². The molecule has 0 saturated heterocycles. The molecule has 100 valence electrons. The molecule has 2 nitrogen and oxygen atoms in total. The first-order valence-corrected chi connectivity index (χ1v) is 6.28. The maximum atomic E-state index is 13.2. The predicted octanol–water partition coefficient (Wildman–Crippen LogP) is 3.29. The highest BCUT2D eigenvalue weighted by molar-refractivity contribution is 5.32. The Morgan fingerprint density at radius 1 is 1.16 bits per heavy atom. The Bertz CT molecular complexity index is 593. The smallest absolute Gasteiger partial charge is 0.141 e. The molecule has 0 fully saturated rings. The molecule has 1 N–H and O–H groups in total. The fourth-order valence-corrected chi connectivity index (χ4v) is 2.12. The molecule has 2 rings (SSSR count). The van der Waals surface area contributed by atoms with Crippen molar-refractivity contribution in [1.82, 2.24) is 4.98 Å². The number of benzene rings is 1. The van der Waals surface area contributed by atoms with Gasteiger partial charge in [-0.05, 0) is 43.5 Å². The number of aryl methyl sites for hydroxylation is 2. The fourth-order valence-electron chi connectivity index (χ4n) is 2.12. The minimum atomic E-state index is -1.13. The summed E-state index contributed by atoms with van der Waals surface area (Å²) >= 11 is 0. The highest BCUT2D eigenvalue weighted by Crippen LogP contribution is 2.26. The van der Waals surface area contributed by atoms with Crippen LogP contribution in [0.25, 0.3) is 0 Å². The molecule has 1 atom stereocenters. The number of pyridine rings is 1. The van der Waals surface area contributed by atoms with Crippen molar-refractivity contribution in [2.45, 2.75) is 32.8 Å². The maximum Gasteiger partial charge on any atom is 0.141 e. The summed E-state index contributed by atoms with van der Waals surface area (Å²) in [7, 11) is 0. The zero-order valence-corrected chi connectivity index (χ0v) is 11.4. The van der Waals surface area contributed by atoms with Crippen molar-refractivity contribution in [1.29, 1.82) is 0 Å². The first-order valence-electron chi connectivity index (χ1n) is 6.28. The van der Waals surface area contributed by atoms with Gasteiger partial charge in [-0.25, -0.2) is 4.39 Å². The van der Waals surface area contributed by atoms with Crippen molar-refractivity contribution >= 4 is 0 Å². The average molecular weight is 259 g/mol. The number of hydrogen-bond donors (Lipinski definition) is 1. The average Bonchev–Trinajstić information content (AvgIpc) is 2.33. The number of nitrogens with zero attached hydrogens (tertiary/aromatic N) is 1. The van der Waals surface area contributed by atoms with Gasteiger partial charge in [0, 0.05) is 18.2 Å². The van der Waals surface area contributed by atoms with Crippen LogP contribution in [0.15, 0.2) is 36.7 Å². The molecule has 0 amide bonds. The van der Waals surface area contributed by atoms with E-state index in [-0.39, 0.29) is 0 Å². The van der Waals surface area contributed by atoms with Crippen LogP contribution >= 0.6 is 0 Å². The fraction of sp³-hybridized carbons (Fsp3) is 0.312. The van der Waals surface area contributed by atoms with E-state index in [2.05, 4.69) is 11.1 Å². The van der Waals surface area contributed by atoms with Gasteiger partial charge in [-0.1, -0.05) is 18.2 Å². The third-order valence-corrected chi connectivity index (χ3v) is 3.45. The van der Waals surface area contributed by atoms with Crippen molar-refractivity contribution in [3.8, 4) is 0 Å². The Labute approximate surface area is 112 Å². The first kappa shape index (κ1) is 13.7. The highest BCUT2D eigenvalue weighted by atomic mass is 19.1. The van der Waals surface area contributed by atoms with E-state index in [9.17, 15) is 9.50 Å². The van der Waals surface area contributed by atoms with Crippen LogP contribution in [0.1, 0.15) is 29.2 Å². The van der Waals surface area contributed by atoms with Crippen LogP contribution in [-0.2, 0) is 12.0 Å². The minimum absolute atomic E-state index is 0.430. The molecule has 0 saturated carbocycles. The second-order valence-electron chi connectivity index (χ2n) is 5.26. The van der Waals surface area contributed by atoms with Gasteiger partial charge in [0.25, 0.3) is 0 Å². The van der Waals surface area contributed by atoms with Gasteiger partial charge >= 0.3 is 0 Å². The SMILES string of the molecule is Cc1ccc(CC(C)(O)c2cncc(F)c2)cc1C. The molecule has 0 aliphatic heterocycles. The molecule has 0 bridgehead atoms. The van der Waals surface area contributed by atoms with E-state index in [1.807, 2.05) is 26.0 Å². The maximum absolute atomic E-state index is 13.2. The number of aromatic nitrogens is 1. The molecule has 0 radical (unpaired) electrons. The third-order valence-electron chi connectivity index (χ3n) is 3.45. The van der Waals surface area contributed by atoms with Crippen LogP contribution in [0.3, 0.4) is 0 Å². The van der Waals surface area contributed by atoms with E-state index >= 15 is 0 Å². The monoisotopic (exact) mass is 259 g/mol. The summed E-state index contributed by atoms with van der Waals surface area (Å²) in [4.78, 5) is 3.79. The standard InChI is InChI=1S/C16H18FNO/c1-11-4-5-13(6-12(11)2)8-16(3,19)14-7-15(17)10-18-9-14/h4-7,9-10,19H,8H2,1-3H3. The molecule has 2 aromatic rings. The number of aliphatic hydroxyl groups is 1. The summed E-state index contributed by atoms with van der Waals surface area (Å²) in [6.45, 7) is 5.77. The lowest BCUT2D eigenvalue weighted by Gasteiger charge is -2.24. The largest absolute Gasteiger partial charge is 0.385 e. The third kappa shape index (κ3) is 3.18. The lowest BCUT2D eigenvalue weighted by molar-refractivity contribution is 0.0569. The molecule has 1 aromatic carbocycles. The van der Waals surface area contributed by atoms with Crippen molar-refractivity contribution in [3.05, 3.63) is 64.7 Å². The van der Waals surface area contributed by atoms with Crippen LogP contribution < -0.4 is 0 Å². The van der Waals surface area contributed by atoms with Gasteiger partial charge in [0.15, 0.2) is 0 Å². The topological polar surface area (TPSA) is 33.1 Å². The van der Waals surface area contributed by atoms with E-state index in [0.717, 1.165) is 11.8 Å². The van der Waals surface area contributed by atoms with Crippen LogP contribution in [0.4, 0.5) is 4.39 Å². The van der Waals surface area contributed by atoms with Crippen LogP contribution in [0.2, 0.25) is 0 Å². The summed E-state index contributed by atoms with van der Waals surface area (Å²) in [6.07, 6.45) is 3.07. The minimum Gasteiger partial charge on any atom is -0.385 e. The van der Waals surface area contributed by atoms with Crippen LogP contribution in [0, 0.1) is 19.7 Å². The van der Waals surface area contributed by atoms with E-state index in [1.165, 1.54) is 23.4 Å². The van der Waals surface area contributed by atoms with Gasteiger partial charge in [-0.2, -0.15) is 0 Å². The Hall–Kier alpha value is -1.74. The Morgan fingerprint density at radius 2 is 1.89 bits per heavy atom. The van der Waals surface area contributed by atoms with Gasteiger partial charge in [0.05, 0.1) is 11.8 Å². The second-order valence-corrected chi connectivity index (χ2v) is 5.26. The van der Waals surface area contributed by atoms with Gasteiger partial charge in [0.2, 0.25) is 0 Å². The zero-order valence-electron chi connectivity index (χ0n) is 11.4. The van der Waals surface area contributed by atoms with Gasteiger partial charge in [0.1, 0.15) is 5.82 Å². The quantitative estimate of drug-likeness (QED) is 0.917. The van der Waals surface area contributed by atoms with Gasteiger partial charge < -0.3 is 5.11 Å². The summed E-state index contributed by atoms with van der Waals surface area (Å²) in [6, 6.07) is 7.40. The number of halogens is 1. The Kier molecular flexibility index (Phi) is 3.67. The Morgan fingerprint density at radius 3 is 2.53 bits per heavy atom. The number of hydrogen-bond acceptors (Lipinski definition) is 2. The van der Waals surface area contributed by atoms with Crippen LogP contribution in [0.5, 0.6) is 0 Å². The lowest BCUT2D eigenvalue weighted by atomic mass is 9.89. The van der Waals surface area contributed by atoms with E-state index in [1.54, 1.807) is 6.92 Å². The molecule has 19 heavy (non-hydrogen) atoms. The molecular weight excluding hydrogens is 241 g/mol. The molecule has 1 unspecified atom stereocenters. The van der Waals surface area contributed by atoms with Gasteiger partial charge in [-0.15, -0.1) is 0 Å². The van der Waals surface area contributed by atoms with Crippen molar-refractivity contribution in [3.63, 3.8) is 0 Å². The summed E-state index contributed by atoms with van der Waals surface area (Å²) in [5.41, 5.74) is 2.79.